The second-order valence-electron chi connectivity index (χ2n) is 4.64. The van der Waals surface area contributed by atoms with Crippen molar-refractivity contribution in [2.45, 2.75) is 32.2 Å². The molecule has 7 nitrogen and oxygen atoms in total. The van der Waals surface area contributed by atoms with Crippen molar-refractivity contribution in [2.24, 2.45) is 10.7 Å². The van der Waals surface area contributed by atoms with Gasteiger partial charge in [0.15, 0.2) is 11.8 Å². The Kier molecular flexibility index (Phi) is 3.94. The Balaban J connectivity index is 2.13. The molecular weight excluding hydrogens is 246 g/mol. The van der Waals surface area contributed by atoms with E-state index < -0.39 is 4.92 Å². The largest absolute Gasteiger partial charge is 0.369 e. The van der Waals surface area contributed by atoms with Crippen molar-refractivity contribution in [2.75, 3.05) is 6.54 Å². The van der Waals surface area contributed by atoms with E-state index in [2.05, 4.69) is 16.9 Å². The molecule has 102 valence electrons. The maximum Gasteiger partial charge on any atom is 0.287 e. The van der Waals surface area contributed by atoms with E-state index in [1.807, 2.05) is 4.90 Å². The zero-order valence-electron chi connectivity index (χ0n) is 10.8. The number of nitrogens with two attached hydrogens (primary N) is 1. The van der Waals surface area contributed by atoms with E-state index in [-0.39, 0.29) is 5.69 Å². The molecule has 1 saturated heterocycles. The molecule has 0 bridgehead atoms. The van der Waals surface area contributed by atoms with Crippen LogP contribution in [0.1, 0.15) is 26.2 Å². The van der Waals surface area contributed by atoms with Crippen LogP contribution in [0.25, 0.3) is 0 Å². The van der Waals surface area contributed by atoms with E-state index >= 15 is 0 Å². The molecule has 2 heterocycles. The highest BCUT2D eigenvalue weighted by molar-refractivity contribution is 5.80. The van der Waals surface area contributed by atoms with E-state index in [0.29, 0.717) is 17.8 Å². The molecule has 2 N–H and O–H groups in total. The zero-order valence-corrected chi connectivity index (χ0v) is 10.8. The Hall–Kier alpha value is -2.18. The van der Waals surface area contributed by atoms with Crippen molar-refractivity contribution in [1.82, 2.24) is 9.88 Å². The van der Waals surface area contributed by atoms with Gasteiger partial charge in [-0.3, -0.25) is 10.1 Å². The standard InChI is InChI=1S/C12H17N5O2/c1-9-4-2-3-7-16(9)12(13)15-11-6-5-10(8-14-11)17(18)19/h5-6,8-9H,2-4,7H2,1H3,(H2,13,14,15). The van der Waals surface area contributed by atoms with Crippen LogP contribution >= 0.6 is 0 Å². The van der Waals surface area contributed by atoms with Crippen molar-refractivity contribution in [3.63, 3.8) is 0 Å². The van der Waals surface area contributed by atoms with Crippen LogP contribution in [-0.2, 0) is 0 Å². The maximum atomic E-state index is 10.5. The lowest BCUT2D eigenvalue weighted by atomic mass is 10.0. The summed E-state index contributed by atoms with van der Waals surface area (Å²) >= 11 is 0. The molecule has 19 heavy (non-hydrogen) atoms. The van der Waals surface area contributed by atoms with Gasteiger partial charge in [-0.2, -0.15) is 4.99 Å². The quantitative estimate of drug-likeness (QED) is 0.380. The third-order valence-electron chi connectivity index (χ3n) is 3.27. The molecule has 0 aliphatic carbocycles. The van der Waals surface area contributed by atoms with Crippen molar-refractivity contribution in [3.05, 3.63) is 28.4 Å². The highest BCUT2D eigenvalue weighted by atomic mass is 16.6. The van der Waals surface area contributed by atoms with Gasteiger partial charge in [0, 0.05) is 18.7 Å². The molecule has 0 spiro atoms. The van der Waals surface area contributed by atoms with Gasteiger partial charge in [0.05, 0.1) is 4.92 Å². The molecule has 7 heteroatoms. The number of hydrogen-bond acceptors (Lipinski definition) is 4. The number of hydrogen-bond donors (Lipinski definition) is 1. The van der Waals surface area contributed by atoms with Gasteiger partial charge in [-0.15, -0.1) is 0 Å². The number of likely N-dealkylation sites (tertiary alicyclic amines) is 1. The lowest BCUT2D eigenvalue weighted by Gasteiger charge is -2.34. The first-order valence-electron chi connectivity index (χ1n) is 6.29. The van der Waals surface area contributed by atoms with Gasteiger partial charge in [0.2, 0.25) is 0 Å². The van der Waals surface area contributed by atoms with Crippen LogP contribution in [0.15, 0.2) is 23.3 Å². The fraction of sp³-hybridized carbons (Fsp3) is 0.500. The van der Waals surface area contributed by atoms with E-state index in [4.69, 9.17) is 5.73 Å². The fourth-order valence-electron chi connectivity index (χ4n) is 2.17. The van der Waals surface area contributed by atoms with Gasteiger partial charge < -0.3 is 10.6 Å². The van der Waals surface area contributed by atoms with Crippen molar-refractivity contribution < 1.29 is 4.92 Å². The Morgan fingerprint density at radius 2 is 2.37 bits per heavy atom. The highest BCUT2D eigenvalue weighted by Crippen LogP contribution is 2.18. The normalized spacial score (nSPS) is 20.4. The second-order valence-corrected chi connectivity index (χ2v) is 4.64. The fourth-order valence-corrected chi connectivity index (χ4v) is 2.17. The number of nitrogens with zero attached hydrogens (tertiary/aromatic N) is 4. The summed E-state index contributed by atoms with van der Waals surface area (Å²) in [7, 11) is 0. The summed E-state index contributed by atoms with van der Waals surface area (Å²) < 4.78 is 0. The van der Waals surface area contributed by atoms with Crippen LogP contribution in [0.4, 0.5) is 11.5 Å². The van der Waals surface area contributed by atoms with E-state index in [1.54, 1.807) is 0 Å². The van der Waals surface area contributed by atoms with E-state index in [9.17, 15) is 10.1 Å². The minimum Gasteiger partial charge on any atom is -0.369 e. The molecule has 1 unspecified atom stereocenters. The first kappa shape index (κ1) is 13.3. The SMILES string of the molecule is CC1CCCCN1C(N)=Nc1ccc([N+](=O)[O-])cn1. The van der Waals surface area contributed by atoms with Gasteiger partial charge in [0.25, 0.3) is 5.69 Å². The Labute approximate surface area is 111 Å². The van der Waals surface area contributed by atoms with Gasteiger partial charge in [-0.1, -0.05) is 0 Å². The van der Waals surface area contributed by atoms with Crippen molar-refractivity contribution >= 4 is 17.5 Å². The monoisotopic (exact) mass is 263 g/mol. The van der Waals surface area contributed by atoms with Crippen LogP contribution in [0, 0.1) is 10.1 Å². The molecule has 1 aromatic rings. The van der Waals surface area contributed by atoms with Gasteiger partial charge in [0.1, 0.15) is 6.20 Å². The minimum absolute atomic E-state index is 0.0520. The predicted octanol–water partition coefficient (Wildman–Crippen LogP) is 1.81. The van der Waals surface area contributed by atoms with Crippen LogP contribution in [0.2, 0.25) is 0 Å². The third-order valence-corrected chi connectivity index (χ3v) is 3.27. The Bertz CT molecular complexity index is 485. The summed E-state index contributed by atoms with van der Waals surface area (Å²) in [6.45, 7) is 3.01. The molecular formula is C12H17N5O2. The molecule has 1 aromatic heterocycles. The molecule has 1 fully saturated rings. The molecule has 0 amide bonds. The van der Waals surface area contributed by atoms with E-state index in [0.717, 1.165) is 19.4 Å². The number of guanidine groups is 1. The van der Waals surface area contributed by atoms with Crippen molar-refractivity contribution in [1.29, 1.82) is 0 Å². The molecule has 2 rings (SSSR count). The number of nitro groups is 1. The average Bonchev–Trinajstić information content (AvgIpc) is 2.39. The zero-order chi connectivity index (χ0) is 13.8. The Morgan fingerprint density at radius 3 is 2.95 bits per heavy atom. The first-order chi connectivity index (χ1) is 9.08. The van der Waals surface area contributed by atoms with Crippen LogP contribution < -0.4 is 5.73 Å². The topological polar surface area (TPSA) is 97.6 Å². The van der Waals surface area contributed by atoms with Crippen molar-refractivity contribution in [3.8, 4) is 0 Å². The van der Waals surface area contributed by atoms with E-state index in [1.165, 1.54) is 24.8 Å². The number of piperidine rings is 1. The van der Waals surface area contributed by atoms with Crippen LogP contribution in [0.3, 0.4) is 0 Å². The highest BCUT2D eigenvalue weighted by Gasteiger charge is 2.19. The number of aromatic nitrogens is 1. The van der Waals surface area contributed by atoms with Gasteiger partial charge >= 0.3 is 0 Å². The predicted molar refractivity (Wildman–Crippen MR) is 72.2 cm³/mol. The number of pyridine rings is 1. The maximum absolute atomic E-state index is 10.5. The molecule has 0 aromatic carbocycles. The van der Waals surface area contributed by atoms with Crippen LogP contribution in [0.5, 0.6) is 0 Å². The summed E-state index contributed by atoms with van der Waals surface area (Å²) in [5.74, 6) is 0.814. The summed E-state index contributed by atoms with van der Waals surface area (Å²) in [6, 6.07) is 3.24. The minimum atomic E-state index is -0.490. The van der Waals surface area contributed by atoms with Crippen LogP contribution in [-0.4, -0.2) is 33.4 Å². The second kappa shape index (κ2) is 5.64. The summed E-state index contributed by atoms with van der Waals surface area (Å²) in [5.41, 5.74) is 5.92. The smallest absolute Gasteiger partial charge is 0.287 e. The number of rotatable bonds is 2. The van der Waals surface area contributed by atoms with Gasteiger partial charge in [-0.25, -0.2) is 4.98 Å². The molecule has 0 radical (unpaired) electrons. The first-order valence-corrected chi connectivity index (χ1v) is 6.29. The summed E-state index contributed by atoms with van der Waals surface area (Å²) in [4.78, 5) is 20.2. The lowest BCUT2D eigenvalue weighted by Crippen LogP contribution is -2.46. The summed E-state index contributed by atoms with van der Waals surface area (Å²) in [5, 5.41) is 10.5. The molecule has 1 aliphatic heterocycles. The number of aliphatic imine (C=N–C) groups is 1. The lowest BCUT2D eigenvalue weighted by molar-refractivity contribution is -0.385. The molecule has 1 aliphatic rings. The van der Waals surface area contributed by atoms with Gasteiger partial charge in [-0.05, 0) is 32.3 Å². The average molecular weight is 263 g/mol. The Morgan fingerprint density at radius 1 is 1.58 bits per heavy atom. The third kappa shape index (κ3) is 3.18. The molecule has 0 saturated carbocycles. The molecule has 1 atom stereocenters. The summed E-state index contributed by atoms with van der Waals surface area (Å²) in [6.07, 6.45) is 4.60.